The minimum Gasteiger partial charge on any atom is -0.398 e. The van der Waals surface area contributed by atoms with Crippen LogP contribution in [0.4, 0.5) is 5.69 Å². The molecule has 1 fully saturated rings. The van der Waals surface area contributed by atoms with Crippen LogP contribution in [0.15, 0.2) is 29.2 Å². The third-order valence-corrected chi connectivity index (χ3v) is 7.13. The first-order chi connectivity index (χ1) is 9.92. The second-order valence-corrected chi connectivity index (χ2v) is 8.94. The van der Waals surface area contributed by atoms with Crippen LogP contribution in [-0.2, 0) is 10.0 Å². The number of hydrogen-bond donors (Lipinski definition) is 1. The minimum absolute atomic E-state index is 0.168. The van der Waals surface area contributed by atoms with E-state index in [1.165, 1.54) is 11.8 Å². The minimum atomic E-state index is -3.17. The van der Waals surface area contributed by atoms with Crippen LogP contribution in [0.2, 0.25) is 0 Å². The number of anilines is 1. The van der Waals surface area contributed by atoms with Gasteiger partial charge in [0.1, 0.15) is 0 Å². The molecular formula is C15H24N2O2S2. The number of hydrogen-bond acceptors (Lipinski definition) is 4. The van der Waals surface area contributed by atoms with E-state index >= 15 is 0 Å². The SMILES string of the molecule is CC(C)C1CCCN1S(=O)(=O)CCSc1ccccc1N. The molecule has 1 aromatic carbocycles. The lowest BCUT2D eigenvalue weighted by atomic mass is 10.0. The van der Waals surface area contributed by atoms with Gasteiger partial charge in [-0.15, -0.1) is 11.8 Å². The number of para-hydroxylation sites is 1. The Morgan fingerprint density at radius 2 is 2.10 bits per heavy atom. The number of nitrogens with zero attached hydrogens (tertiary/aromatic N) is 1. The van der Waals surface area contributed by atoms with Crippen molar-refractivity contribution < 1.29 is 8.42 Å². The Balaban J connectivity index is 1.94. The molecule has 2 N–H and O–H groups in total. The van der Waals surface area contributed by atoms with E-state index in [-0.39, 0.29) is 11.8 Å². The molecule has 1 aliphatic heterocycles. The molecule has 0 saturated carbocycles. The maximum atomic E-state index is 12.5. The molecule has 1 unspecified atom stereocenters. The van der Waals surface area contributed by atoms with Gasteiger partial charge < -0.3 is 5.73 Å². The van der Waals surface area contributed by atoms with Crippen LogP contribution in [0.1, 0.15) is 26.7 Å². The molecule has 0 bridgehead atoms. The number of rotatable bonds is 6. The fraction of sp³-hybridized carbons (Fsp3) is 0.600. The highest BCUT2D eigenvalue weighted by Gasteiger charge is 2.35. The molecule has 1 atom stereocenters. The lowest BCUT2D eigenvalue weighted by Crippen LogP contribution is -2.40. The molecule has 1 saturated heterocycles. The van der Waals surface area contributed by atoms with Crippen LogP contribution in [0, 0.1) is 5.92 Å². The maximum absolute atomic E-state index is 12.5. The quantitative estimate of drug-likeness (QED) is 0.644. The fourth-order valence-corrected chi connectivity index (χ4v) is 5.97. The van der Waals surface area contributed by atoms with E-state index in [4.69, 9.17) is 5.73 Å². The monoisotopic (exact) mass is 328 g/mol. The molecule has 0 spiro atoms. The van der Waals surface area contributed by atoms with Gasteiger partial charge in [-0.1, -0.05) is 26.0 Å². The number of benzene rings is 1. The van der Waals surface area contributed by atoms with Crippen molar-refractivity contribution in [1.29, 1.82) is 0 Å². The first kappa shape index (κ1) is 16.6. The van der Waals surface area contributed by atoms with Gasteiger partial charge in [-0.05, 0) is 30.9 Å². The lowest BCUT2D eigenvalue weighted by molar-refractivity contribution is 0.316. The Morgan fingerprint density at radius 1 is 1.38 bits per heavy atom. The molecule has 118 valence electrons. The molecule has 2 rings (SSSR count). The van der Waals surface area contributed by atoms with Crippen molar-refractivity contribution in [3.8, 4) is 0 Å². The summed E-state index contributed by atoms with van der Waals surface area (Å²) in [6.45, 7) is 4.86. The van der Waals surface area contributed by atoms with Gasteiger partial charge in [-0.3, -0.25) is 0 Å². The predicted octanol–water partition coefficient (Wildman–Crippen LogP) is 2.81. The van der Waals surface area contributed by atoms with Crippen LogP contribution in [-0.4, -0.2) is 36.8 Å². The van der Waals surface area contributed by atoms with Crippen molar-refractivity contribution in [1.82, 2.24) is 4.31 Å². The molecule has 1 aromatic rings. The molecule has 0 aliphatic carbocycles. The highest BCUT2D eigenvalue weighted by atomic mass is 32.2. The smallest absolute Gasteiger partial charge is 0.215 e. The van der Waals surface area contributed by atoms with E-state index in [0.29, 0.717) is 23.9 Å². The Morgan fingerprint density at radius 3 is 2.76 bits per heavy atom. The van der Waals surface area contributed by atoms with Gasteiger partial charge in [0, 0.05) is 28.9 Å². The Kier molecular flexibility index (Phi) is 5.57. The van der Waals surface area contributed by atoms with E-state index in [9.17, 15) is 8.42 Å². The highest BCUT2D eigenvalue weighted by molar-refractivity contribution is 8.00. The van der Waals surface area contributed by atoms with E-state index in [2.05, 4.69) is 13.8 Å². The van der Waals surface area contributed by atoms with Crippen LogP contribution in [0.5, 0.6) is 0 Å². The number of thioether (sulfide) groups is 1. The molecule has 21 heavy (non-hydrogen) atoms. The van der Waals surface area contributed by atoms with Crippen molar-refractivity contribution in [2.45, 2.75) is 37.6 Å². The van der Waals surface area contributed by atoms with E-state index < -0.39 is 10.0 Å². The zero-order valence-corrected chi connectivity index (χ0v) is 14.3. The second kappa shape index (κ2) is 7.03. The van der Waals surface area contributed by atoms with Gasteiger partial charge in [0.05, 0.1) is 5.75 Å². The molecule has 0 radical (unpaired) electrons. The van der Waals surface area contributed by atoms with E-state index in [1.54, 1.807) is 4.31 Å². The summed E-state index contributed by atoms with van der Waals surface area (Å²) in [6, 6.07) is 7.74. The van der Waals surface area contributed by atoms with Crippen LogP contribution < -0.4 is 5.73 Å². The van der Waals surface area contributed by atoms with Gasteiger partial charge in [0.15, 0.2) is 0 Å². The van der Waals surface area contributed by atoms with Gasteiger partial charge in [-0.25, -0.2) is 8.42 Å². The van der Waals surface area contributed by atoms with E-state index in [0.717, 1.165) is 17.7 Å². The zero-order chi connectivity index (χ0) is 15.5. The molecule has 0 aromatic heterocycles. The van der Waals surface area contributed by atoms with Crippen LogP contribution in [0.3, 0.4) is 0 Å². The molecule has 4 nitrogen and oxygen atoms in total. The maximum Gasteiger partial charge on any atom is 0.215 e. The summed E-state index contributed by atoms with van der Waals surface area (Å²) in [5.41, 5.74) is 6.58. The summed E-state index contributed by atoms with van der Waals surface area (Å²) in [5, 5.41) is 0. The molecule has 6 heteroatoms. The average molecular weight is 329 g/mol. The second-order valence-electron chi connectivity index (χ2n) is 5.77. The van der Waals surface area contributed by atoms with Crippen molar-refractivity contribution in [3.63, 3.8) is 0 Å². The Hall–Kier alpha value is -0.720. The fourth-order valence-electron chi connectivity index (χ4n) is 2.76. The number of nitrogen functional groups attached to an aromatic ring is 1. The highest BCUT2D eigenvalue weighted by Crippen LogP contribution is 2.29. The number of nitrogens with two attached hydrogens (primary N) is 1. The third-order valence-electron chi connectivity index (χ3n) is 3.89. The summed E-state index contributed by atoms with van der Waals surface area (Å²) in [6.07, 6.45) is 1.95. The van der Waals surface area contributed by atoms with Crippen molar-refractivity contribution in [3.05, 3.63) is 24.3 Å². The van der Waals surface area contributed by atoms with Crippen LogP contribution >= 0.6 is 11.8 Å². The Bertz CT molecular complexity index is 573. The van der Waals surface area contributed by atoms with Gasteiger partial charge >= 0.3 is 0 Å². The normalized spacial score (nSPS) is 20.2. The first-order valence-electron chi connectivity index (χ1n) is 7.38. The Labute approximate surface area is 132 Å². The van der Waals surface area contributed by atoms with Gasteiger partial charge in [0.25, 0.3) is 0 Å². The summed E-state index contributed by atoms with van der Waals surface area (Å²) < 4.78 is 26.7. The van der Waals surface area contributed by atoms with Crippen LogP contribution in [0.25, 0.3) is 0 Å². The summed E-state index contributed by atoms with van der Waals surface area (Å²) in [5.74, 6) is 1.09. The van der Waals surface area contributed by atoms with E-state index in [1.807, 2.05) is 24.3 Å². The zero-order valence-electron chi connectivity index (χ0n) is 12.7. The average Bonchev–Trinajstić information content (AvgIpc) is 2.91. The summed E-state index contributed by atoms with van der Waals surface area (Å²) in [7, 11) is -3.17. The van der Waals surface area contributed by atoms with Crippen molar-refractivity contribution >= 4 is 27.5 Å². The standard InChI is InChI=1S/C15H24N2O2S2/c1-12(2)14-7-5-9-17(14)21(18,19)11-10-20-15-8-4-3-6-13(15)16/h3-4,6,8,12,14H,5,7,9-11,16H2,1-2H3. The van der Waals surface area contributed by atoms with Crippen molar-refractivity contribution in [2.24, 2.45) is 5.92 Å². The molecule has 0 amide bonds. The summed E-state index contributed by atoms with van der Waals surface area (Å²) in [4.78, 5) is 0.953. The summed E-state index contributed by atoms with van der Waals surface area (Å²) >= 11 is 1.51. The largest absolute Gasteiger partial charge is 0.398 e. The van der Waals surface area contributed by atoms with Gasteiger partial charge in [-0.2, -0.15) is 4.31 Å². The molecule has 1 heterocycles. The third kappa shape index (κ3) is 4.14. The topological polar surface area (TPSA) is 63.4 Å². The lowest BCUT2D eigenvalue weighted by Gasteiger charge is -2.26. The van der Waals surface area contributed by atoms with Crippen molar-refractivity contribution in [2.75, 3.05) is 23.8 Å². The molecule has 1 aliphatic rings. The first-order valence-corrected chi connectivity index (χ1v) is 9.98. The number of sulfonamides is 1. The molecular weight excluding hydrogens is 304 g/mol. The van der Waals surface area contributed by atoms with Gasteiger partial charge in [0.2, 0.25) is 10.0 Å². The predicted molar refractivity (Wildman–Crippen MR) is 89.9 cm³/mol.